The largest absolute Gasteiger partial charge is 0.472 e. The van der Waals surface area contributed by atoms with Gasteiger partial charge < -0.3 is 33.8 Å². The van der Waals surface area contributed by atoms with Crippen LogP contribution < -0.4 is 0 Å². The van der Waals surface area contributed by atoms with Crippen LogP contribution in [-0.4, -0.2) is 96.7 Å². The van der Waals surface area contributed by atoms with Crippen LogP contribution in [0.3, 0.4) is 0 Å². The first-order valence-corrected chi connectivity index (χ1v) is 44.6. The second kappa shape index (κ2) is 73.0. The van der Waals surface area contributed by atoms with E-state index in [1.54, 1.807) is 0 Å². The third kappa shape index (κ3) is 74.1. The van der Waals surface area contributed by atoms with E-state index in [2.05, 4.69) is 34.6 Å². The first kappa shape index (κ1) is 97.1. The smallest absolute Gasteiger partial charge is 0.462 e. The Morgan fingerprint density at radius 2 is 0.465 bits per heavy atom. The maximum Gasteiger partial charge on any atom is 0.472 e. The van der Waals surface area contributed by atoms with E-state index in [1.807, 2.05) is 0 Å². The Bertz CT molecular complexity index is 1890. The highest BCUT2D eigenvalue weighted by Crippen LogP contribution is 2.45. The van der Waals surface area contributed by atoms with E-state index in [0.717, 1.165) is 95.8 Å². The van der Waals surface area contributed by atoms with E-state index in [4.69, 9.17) is 37.0 Å². The van der Waals surface area contributed by atoms with Crippen molar-refractivity contribution in [3.05, 3.63) is 0 Å². The number of hydrogen-bond acceptors (Lipinski definition) is 15. The van der Waals surface area contributed by atoms with Crippen molar-refractivity contribution in [1.82, 2.24) is 0 Å². The van der Waals surface area contributed by atoms with Gasteiger partial charge in [0.2, 0.25) is 0 Å². The van der Waals surface area contributed by atoms with Gasteiger partial charge in [0.1, 0.15) is 19.3 Å². The number of phosphoric acid groups is 2. The van der Waals surface area contributed by atoms with Crippen molar-refractivity contribution in [1.29, 1.82) is 0 Å². The van der Waals surface area contributed by atoms with E-state index >= 15 is 0 Å². The van der Waals surface area contributed by atoms with Gasteiger partial charge in [0, 0.05) is 25.7 Å². The van der Waals surface area contributed by atoms with Gasteiger partial charge in [-0.1, -0.05) is 375 Å². The number of unbranched alkanes of at least 4 members (excludes halogenated alkanes) is 52. The molecule has 0 aromatic rings. The summed E-state index contributed by atoms with van der Waals surface area (Å²) in [4.78, 5) is 72.9. The average Bonchev–Trinajstić information content (AvgIpc) is 1.52. The number of ether oxygens (including phenoxy) is 4. The number of rotatable bonds is 80. The number of aliphatic hydroxyl groups is 1. The molecule has 5 atom stereocenters. The van der Waals surface area contributed by atoms with Gasteiger partial charge in [-0.25, -0.2) is 9.13 Å². The predicted molar refractivity (Wildman–Crippen MR) is 405 cm³/mol. The summed E-state index contributed by atoms with van der Waals surface area (Å²) in [5, 5.41) is 10.6. The summed E-state index contributed by atoms with van der Waals surface area (Å²) >= 11 is 0. The monoisotopic (exact) mass is 1450 g/mol. The Labute approximate surface area is 607 Å². The molecule has 0 heterocycles. The number of aliphatic hydroxyl groups excluding tert-OH is 1. The molecule has 0 saturated carbocycles. The van der Waals surface area contributed by atoms with Crippen molar-refractivity contribution in [2.24, 2.45) is 5.92 Å². The van der Waals surface area contributed by atoms with Gasteiger partial charge in [0.05, 0.1) is 26.4 Å². The fourth-order valence-electron chi connectivity index (χ4n) is 12.4. The van der Waals surface area contributed by atoms with Crippen LogP contribution in [0, 0.1) is 5.92 Å². The van der Waals surface area contributed by atoms with Crippen LogP contribution in [0.4, 0.5) is 0 Å². The van der Waals surface area contributed by atoms with Crippen molar-refractivity contribution in [2.45, 2.75) is 445 Å². The molecule has 0 fully saturated rings. The molecule has 0 aliphatic carbocycles. The van der Waals surface area contributed by atoms with Gasteiger partial charge in [0.15, 0.2) is 12.2 Å². The molecular formula is C80H156O17P2. The summed E-state index contributed by atoms with van der Waals surface area (Å²) in [7, 11) is -9.91. The molecule has 588 valence electrons. The van der Waals surface area contributed by atoms with Gasteiger partial charge in [-0.2, -0.15) is 0 Å². The molecule has 19 heteroatoms. The Morgan fingerprint density at radius 1 is 0.273 bits per heavy atom. The Morgan fingerprint density at radius 3 is 0.687 bits per heavy atom. The highest BCUT2D eigenvalue weighted by Gasteiger charge is 2.30. The molecule has 2 unspecified atom stereocenters. The molecular weight excluding hydrogens is 1290 g/mol. The summed E-state index contributed by atoms with van der Waals surface area (Å²) in [5.41, 5.74) is 0. The number of phosphoric ester groups is 2. The molecule has 17 nitrogen and oxygen atoms in total. The van der Waals surface area contributed by atoms with Gasteiger partial charge in [-0.05, 0) is 31.6 Å². The zero-order valence-electron chi connectivity index (χ0n) is 64.6. The fourth-order valence-corrected chi connectivity index (χ4v) is 14.0. The molecule has 99 heavy (non-hydrogen) atoms. The molecule has 0 spiro atoms. The molecule has 0 saturated heterocycles. The molecule has 0 aliphatic rings. The van der Waals surface area contributed by atoms with Crippen LogP contribution in [0.2, 0.25) is 0 Å². The lowest BCUT2D eigenvalue weighted by Crippen LogP contribution is -2.30. The summed E-state index contributed by atoms with van der Waals surface area (Å²) < 4.78 is 68.7. The van der Waals surface area contributed by atoms with Gasteiger partial charge in [-0.15, -0.1) is 0 Å². The first-order chi connectivity index (χ1) is 48.0. The standard InChI is InChI=1S/C80H156O17P2/c1-6-9-12-15-18-21-24-26-28-30-32-34-36-38-41-44-50-55-60-65-79(84)96-75(69-91-78(83)64-59-54-49-43-40-37-35-33-31-29-27-25-22-19-16-13-10-7-2)71-94-98(86,87)92-67-74(81)68-93-99(88,89)95-72-76(97-80(85)66-61-56-51-46-45-47-52-57-62-73(4)5)70-90-77(82)63-58-53-48-42-39-23-20-17-14-11-8-3/h73-76,81H,6-72H2,1-5H3,(H,86,87)(H,88,89)/t74-,75-,76-/m1/s1. The van der Waals surface area contributed by atoms with Crippen molar-refractivity contribution in [2.75, 3.05) is 39.6 Å². The van der Waals surface area contributed by atoms with Crippen molar-refractivity contribution in [3.63, 3.8) is 0 Å². The molecule has 0 bridgehead atoms. The average molecular weight is 1450 g/mol. The molecule has 3 N–H and O–H groups in total. The van der Waals surface area contributed by atoms with Crippen LogP contribution in [0.1, 0.15) is 426 Å². The van der Waals surface area contributed by atoms with Gasteiger partial charge in [-0.3, -0.25) is 37.3 Å². The first-order valence-electron chi connectivity index (χ1n) is 41.6. The number of hydrogen-bond donors (Lipinski definition) is 3. The van der Waals surface area contributed by atoms with E-state index in [0.29, 0.717) is 25.7 Å². The van der Waals surface area contributed by atoms with E-state index in [9.17, 15) is 43.2 Å². The minimum Gasteiger partial charge on any atom is -0.462 e. The molecule has 0 amide bonds. The van der Waals surface area contributed by atoms with Gasteiger partial charge >= 0.3 is 39.5 Å². The normalized spacial score (nSPS) is 13.9. The topological polar surface area (TPSA) is 237 Å². The lowest BCUT2D eigenvalue weighted by atomic mass is 10.0. The highest BCUT2D eigenvalue weighted by molar-refractivity contribution is 7.47. The molecule has 0 aromatic heterocycles. The lowest BCUT2D eigenvalue weighted by Gasteiger charge is -2.21. The molecule has 0 radical (unpaired) electrons. The van der Waals surface area contributed by atoms with Crippen molar-refractivity contribution < 1.29 is 80.2 Å². The minimum atomic E-state index is -4.96. The van der Waals surface area contributed by atoms with Crippen molar-refractivity contribution >= 4 is 39.5 Å². The van der Waals surface area contributed by atoms with Crippen LogP contribution in [-0.2, 0) is 65.4 Å². The maximum atomic E-state index is 13.1. The second-order valence-electron chi connectivity index (χ2n) is 29.3. The third-order valence-corrected chi connectivity index (χ3v) is 20.7. The molecule has 0 rings (SSSR count). The zero-order chi connectivity index (χ0) is 72.7. The summed E-state index contributed by atoms with van der Waals surface area (Å²) in [6, 6.07) is 0. The Balaban J connectivity index is 5.22. The Hall–Kier alpha value is -1.94. The van der Waals surface area contributed by atoms with Crippen molar-refractivity contribution in [3.8, 4) is 0 Å². The second-order valence-corrected chi connectivity index (χ2v) is 32.2. The molecule has 0 aliphatic heterocycles. The third-order valence-electron chi connectivity index (χ3n) is 18.8. The summed E-state index contributed by atoms with van der Waals surface area (Å²) in [6.45, 7) is 7.28. The summed E-state index contributed by atoms with van der Waals surface area (Å²) in [5.74, 6) is -1.39. The van der Waals surface area contributed by atoms with E-state index in [1.165, 1.54) is 250 Å². The van der Waals surface area contributed by atoms with E-state index in [-0.39, 0.29) is 25.7 Å². The van der Waals surface area contributed by atoms with Crippen LogP contribution in [0.25, 0.3) is 0 Å². The fraction of sp³-hybridized carbons (Fsp3) is 0.950. The van der Waals surface area contributed by atoms with Gasteiger partial charge in [0.25, 0.3) is 0 Å². The SMILES string of the molecule is CCCCCCCCCCCCCCCCCCCCCC(=O)O[C@H](COC(=O)CCCCCCCCCCCCCCCCCCCC)COP(=O)(O)OC[C@@H](O)COP(=O)(O)OC[C@@H](COC(=O)CCCCCCCCCCCCC)OC(=O)CCCCCCCCCCC(C)C. The Kier molecular flexibility index (Phi) is 71.6. The van der Waals surface area contributed by atoms with Crippen LogP contribution in [0.5, 0.6) is 0 Å². The lowest BCUT2D eigenvalue weighted by molar-refractivity contribution is -0.161. The highest BCUT2D eigenvalue weighted by atomic mass is 31.2. The van der Waals surface area contributed by atoms with Crippen LogP contribution in [0.15, 0.2) is 0 Å². The maximum absolute atomic E-state index is 13.1. The predicted octanol–water partition coefficient (Wildman–Crippen LogP) is 24.0. The number of carbonyl (C=O) groups excluding carboxylic acids is 4. The molecule has 0 aromatic carbocycles. The quantitative estimate of drug-likeness (QED) is 0.0222. The zero-order valence-corrected chi connectivity index (χ0v) is 66.4. The number of esters is 4. The number of carbonyl (C=O) groups is 4. The van der Waals surface area contributed by atoms with E-state index < -0.39 is 97.5 Å². The van der Waals surface area contributed by atoms with Crippen LogP contribution >= 0.6 is 15.6 Å². The summed E-state index contributed by atoms with van der Waals surface area (Å²) in [6.07, 6.45) is 63.9. The minimum absolute atomic E-state index is 0.105.